The van der Waals surface area contributed by atoms with Gasteiger partial charge >= 0.3 is 5.97 Å². The monoisotopic (exact) mass is 540 g/mol. The van der Waals surface area contributed by atoms with Crippen LogP contribution in [0.15, 0.2) is 66.7 Å². The number of esters is 1. The zero-order chi connectivity index (χ0) is 28.9. The maximum absolute atomic E-state index is 12.5. The molecule has 3 aromatic carbocycles. The molecule has 1 aromatic heterocycles. The predicted octanol–water partition coefficient (Wildman–Crippen LogP) is 6.60. The van der Waals surface area contributed by atoms with Crippen LogP contribution in [0.3, 0.4) is 0 Å². The molecule has 0 spiro atoms. The molecule has 0 aliphatic carbocycles. The summed E-state index contributed by atoms with van der Waals surface area (Å²) in [4.78, 5) is 12.5. The van der Waals surface area contributed by atoms with Crippen LogP contribution in [0.5, 0.6) is 23.0 Å². The Kier molecular flexibility index (Phi) is 8.29. The van der Waals surface area contributed by atoms with Crippen molar-refractivity contribution in [3.05, 3.63) is 94.8 Å². The fraction of sp³-hybridized carbons (Fsp3) is 0.188. The van der Waals surface area contributed by atoms with Gasteiger partial charge in [0.05, 0.1) is 36.9 Å². The summed E-state index contributed by atoms with van der Waals surface area (Å²) in [7, 11) is 3.00. The lowest BCUT2D eigenvalue weighted by Crippen LogP contribution is -2.23. The van der Waals surface area contributed by atoms with E-state index in [2.05, 4.69) is 0 Å². The Labute approximate surface area is 233 Å². The number of phenolic OH excluding ortho intramolecular Hbond substituents is 2. The molecule has 4 aromatic rings. The average Bonchev–Trinajstić information content (AvgIpc) is 3.34. The Hall–Kier alpha value is -4.98. The number of hydrogen-bond donors (Lipinski definition) is 2. The van der Waals surface area contributed by atoms with Crippen LogP contribution < -0.4 is 9.47 Å². The van der Waals surface area contributed by atoms with Gasteiger partial charge in [0.2, 0.25) is 0 Å². The summed E-state index contributed by atoms with van der Waals surface area (Å²) in [6.07, 6.45) is 7.53. The van der Waals surface area contributed by atoms with Crippen molar-refractivity contribution >= 4 is 30.3 Å². The van der Waals surface area contributed by atoms with E-state index in [1.165, 1.54) is 14.2 Å². The van der Waals surface area contributed by atoms with Crippen molar-refractivity contribution in [3.63, 3.8) is 0 Å². The number of ether oxygens (including phenoxy) is 3. The number of carbonyl (C=O) groups excluding carboxylic acids is 1. The summed E-state index contributed by atoms with van der Waals surface area (Å²) in [5.74, 6) is 0.492. The van der Waals surface area contributed by atoms with Gasteiger partial charge in [-0.2, -0.15) is 5.10 Å². The van der Waals surface area contributed by atoms with Crippen LogP contribution in [0.2, 0.25) is 0 Å². The molecule has 0 saturated heterocycles. The standard InChI is InChI=1S/C32H32N2O6/c1-32(2,3)40-31(37)23-10-14-25(15-11-23)34-26(13-7-22-9-17-28(36)30(19-22)39-5)20-24(33-34)12-6-21-8-16-27(35)29(18-21)38-4/h6-20,35-36H,1-5H3/b12-6+,13-7+. The van der Waals surface area contributed by atoms with Crippen LogP contribution in [0.25, 0.3) is 30.0 Å². The molecule has 0 amide bonds. The summed E-state index contributed by atoms with van der Waals surface area (Å²) < 4.78 is 17.7. The molecule has 0 atom stereocenters. The Bertz CT molecular complexity index is 1560. The van der Waals surface area contributed by atoms with Crippen molar-refractivity contribution in [1.29, 1.82) is 0 Å². The summed E-state index contributed by atoms with van der Waals surface area (Å²) in [6.45, 7) is 5.48. The normalized spacial score (nSPS) is 11.7. The van der Waals surface area contributed by atoms with Gasteiger partial charge in [0.15, 0.2) is 23.0 Å². The number of aromatic hydroxyl groups is 2. The second-order valence-electron chi connectivity index (χ2n) is 9.98. The molecule has 0 bridgehead atoms. The van der Waals surface area contributed by atoms with Gasteiger partial charge in [-0.05, 0) is 98.6 Å². The van der Waals surface area contributed by atoms with E-state index in [1.807, 2.05) is 63.3 Å². The quantitative estimate of drug-likeness (QED) is 0.243. The van der Waals surface area contributed by atoms with Crippen molar-refractivity contribution < 1.29 is 29.2 Å². The minimum Gasteiger partial charge on any atom is -0.504 e. The van der Waals surface area contributed by atoms with Crippen LogP contribution >= 0.6 is 0 Å². The third-order valence-electron chi connectivity index (χ3n) is 5.80. The van der Waals surface area contributed by atoms with E-state index in [1.54, 1.807) is 53.2 Å². The summed E-state index contributed by atoms with van der Waals surface area (Å²) in [5, 5.41) is 24.6. The first-order valence-corrected chi connectivity index (χ1v) is 12.6. The molecule has 0 aliphatic rings. The van der Waals surface area contributed by atoms with Gasteiger partial charge in [0, 0.05) is 0 Å². The number of aromatic nitrogens is 2. The van der Waals surface area contributed by atoms with Crippen molar-refractivity contribution in [2.24, 2.45) is 0 Å². The zero-order valence-electron chi connectivity index (χ0n) is 23.1. The van der Waals surface area contributed by atoms with Gasteiger partial charge in [-0.1, -0.05) is 24.3 Å². The Morgan fingerprint density at radius 3 is 1.85 bits per heavy atom. The van der Waals surface area contributed by atoms with Gasteiger partial charge in [-0.3, -0.25) is 0 Å². The first kappa shape index (κ1) is 28.0. The summed E-state index contributed by atoms with van der Waals surface area (Å²) in [5.41, 5.74) is 3.73. The molecule has 206 valence electrons. The van der Waals surface area contributed by atoms with Gasteiger partial charge in [-0.25, -0.2) is 9.48 Å². The third kappa shape index (κ3) is 6.91. The number of carbonyl (C=O) groups is 1. The topological polar surface area (TPSA) is 103 Å². The fourth-order valence-corrected chi connectivity index (χ4v) is 3.86. The van der Waals surface area contributed by atoms with Crippen LogP contribution in [0.4, 0.5) is 0 Å². The Morgan fingerprint density at radius 2 is 1.32 bits per heavy atom. The molecule has 2 N–H and O–H groups in total. The molecule has 4 rings (SSSR count). The SMILES string of the molecule is COc1cc(/C=C/c2cc(/C=C/c3ccc(O)c(OC)c3)n(-c3ccc(C(=O)OC(C)(C)C)cc3)n2)ccc1O. The van der Waals surface area contributed by atoms with E-state index < -0.39 is 11.6 Å². The first-order chi connectivity index (χ1) is 19.1. The molecule has 0 unspecified atom stereocenters. The predicted molar refractivity (Wildman–Crippen MR) is 156 cm³/mol. The fourth-order valence-electron chi connectivity index (χ4n) is 3.86. The Morgan fingerprint density at radius 1 is 0.775 bits per heavy atom. The minimum absolute atomic E-state index is 0.0630. The maximum Gasteiger partial charge on any atom is 0.338 e. The van der Waals surface area contributed by atoms with Gasteiger partial charge in [0.1, 0.15) is 5.60 Å². The molecular formula is C32H32N2O6. The van der Waals surface area contributed by atoms with Crippen LogP contribution in [-0.4, -0.2) is 45.8 Å². The zero-order valence-corrected chi connectivity index (χ0v) is 23.1. The van der Waals surface area contributed by atoms with E-state index in [-0.39, 0.29) is 11.5 Å². The lowest BCUT2D eigenvalue weighted by molar-refractivity contribution is 0.00695. The first-order valence-electron chi connectivity index (χ1n) is 12.6. The van der Waals surface area contributed by atoms with Crippen LogP contribution in [0, 0.1) is 0 Å². The molecule has 0 aliphatic heterocycles. The molecule has 0 fully saturated rings. The molecule has 40 heavy (non-hydrogen) atoms. The third-order valence-corrected chi connectivity index (χ3v) is 5.80. The number of benzene rings is 3. The number of methoxy groups -OCH3 is 2. The largest absolute Gasteiger partial charge is 0.504 e. The molecule has 0 saturated carbocycles. The van der Waals surface area contributed by atoms with Crippen LogP contribution in [0.1, 0.15) is 53.6 Å². The highest BCUT2D eigenvalue weighted by Gasteiger charge is 2.18. The minimum atomic E-state index is -0.588. The smallest absolute Gasteiger partial charge is 0.338 e. The van der Waals surface area contributed by atoms with E-state index in [4.69, 9.17) is 19.3 Å². The van der Waals surface area contributed by atoms with E-state index in [0.29, 0.717) is 22.8 Å². The summed E-state index contributed by atoms with van der Waals surface area (Å²) >= 11 is 0. The number of rotatable bonds is 8. The average molecular weight is 541 g/mol. The molecule has 0 radical (unpaired) electrons. The van der Waals surface area contributed by atoms with Crippen molar-refractivity contribution in [3.8, 4) is 28.7 Å². The lowest BCUT2D eigenvalue weighted by atomic mass is 10.1. The number of hydrogen-bond acceptors (Lipinski definition) is 7. The molecular weight excluding hydrogens is 508 g/mol. The van der Waals surface area contributed by atoms with Gasteiger partial charge < -0.3 is 24.4 Å². The second kappa shape index (κ2) is 11.8. The van der Waals surface area contributed by atoms with Gasteiger partial charge in [0.25, 0.3) is 0 Å². The number of nitrogens with zero attached hydrogens (tertiary/aromatic N) is 2. The highest BCUT2D eigenvalue weighted by molar-refractivity contribution is 5.90. The Balaban J connectivity index is 1.69. The van der Waals surface area contributed by atoms with Crippen molar-refractivity contribution in [2.75, 3.05) is 14.2 Å². The van der Waals surface area contributed by atoms with Gasteiger partial charge in [-0.15, -0.1) is 0 Å². The van der Waals surface area contributed by atoms with E-state index in [0.717, 1.165) is 22.5 Å². The maximum atomic E-state index is 12.5. The highest BCUT2D eigenvalue weighted by atomic mass is 16.6. The second-order valence-corrected chi connectivity index (χ2v) is 9.98. The molecule has 1 heterocycles. The highest BCUT2D eigenvalue weighted by Crippen LogP contribution is 2.29. The van der Waals surface area contributed by atoms with Crippen LogP contribution in [-0.2, 0) is 4.74 Å². The number of phenols is 2. The van der Waals surface area contributed by atoms with Crippen molar-refractivity contribution in [2.45, 2.75) is 26.4 Å². The molecule has 8 nitrogen and oxygen atoms in total. The van der Waals surface area contributed by atoms with Crippen molar-refractivity contribution in [1.82, 2.24) is 9.78 Å². The summed E-state index contributed by atoms with van der Waals surface area (Å²) in [6, 6.07) is 19.1. The van der Waals surface area contributed by atoms with E-state index in [9.17, 15) is 15.0 Å². The molecule has 8 heteroatoms. The van der Waals surface area contributed by atoms with E-state index >= 15 is 0 Å². The lowest BCUT2D eigenvalue weighted by Gasteiger charge is -2.19.